The molecule has 3 N–H and O–H groups in total. The number of benzene rings is 1. The third kappa shape index (κ3) is 2.49. The van der Waals surface area contributed by atoms with E-state index in [0.29, 0.717) is 0 Å². The molecule has 0 spiro atoms. The first-order valence-electron chi connectivity index (χ1n) is 5.23. The van der Waals surface area contributed by atoms with Crippen LogP contribution in [0, 0.1) is 0 Å². The van der Waals surface area contributed by atoms with E-state index in [0.717, 1.165) is 13.0 Å². The molecule has 0 radical (unpaired) electrons. The summed E-state index contributed by atoms with van der Waals surface area (Å²) in [4.78, 5) is 0. The van der Waals surface area contributed by atoms with E-state index >= 15 is 0 Å². The number of fused-ring (bicyclic) bond motifs is 1. The van der Waals surface area contributed by atoms with Gasteiger partial charge in [0.15, 0.2) is 0 Å². The first-order valence-corrected chi connectivity index (χ1v) is 6.11. The highest BCUT2D eigenvalue weighted by atomic mass is 32.1. The quantitative estimate of drug-likeness (QED) is 0.831. The monoisotopic (exact) mass is 220 g/mol. The Morgan fingerprint density at radius 2 is 2.20 bits per heavy atom. The number of rotatable bonds is 4. The van der Waals surface area contributed by atoms with Crippen molar-refractivity contribution in [3.8, 4) is 0 Å². The minimum atomic E-state index is 0.266. The maximum absolute atomic E-state index is 5.71. The molecule has 3 heteroatoms. The van der Waals surface area contributed by atoms with Crippen molar-refractivity contribution >= 4 is 27.1 Å². The molecule has 1 aromatic heterocycles. The van der Waals surface area contributed by atoms with E-state index in [1.165, 1.54) is 15.8 Å². The Morgan fingerprint density at radius 3 is 3.00 bits per heavy atom. The second-order valence-electron chi connectivity index (χ2n) is 3.84. The summed E-state index contributed by atoms with van der Waals surface area (Å²) in [5.74, 6) is 0. The van der Waals surface area contributed by atoms with Crippen LogP contribution in [-0.4, -0.2) is 12.6 Å². The third-order valence-electron chi connectivity index (χ3n) is 2.40. The Kier molecular flexibility index (Phi) is 3.23. The molecular formula is C12H16N2S. The zero-order chi connectivity index (χ0) is 10.7. The van der Waals surface area contributed by atoms with E-state index in [1.807, 2.05) is 6.92 Å². The first kappa shape index (κ1) is 10.5. The largest absolute Gasteiger partial charge is 0.384 e. The molecule has 0 saturated carbocycles. The summed E-state index contributed by atoms with van der Waals surface area (Å²) in [6.07, 6.45) is 1.00. The Morgan fingerprint density at radius 1 is 1.40 bits per heavy atom. The molecule has 0 aliphatic heterocycles. The van der Waals surface area contributed by atoms with E-state index in [9.17, 15) is 0 Å². The number of thiophene rings is 1. The number of hydrogen-bond donors (Lipinski definition) is 2. The number of nitrogens with two attached hydrogens (primary N) is 1. The van der Waals surface area contributed by atoms with Crippen LogP contribution in [-0.2, 0) is 0 Å². The van der Waals surface area contributed by atoms with Gasteiger partial charge in [0, 0.05) is 28.1 Å². The highest BCUT2D eigenvalue weighted by molar-refractivity contribution is 7.17. The highest BCUT2D eigenvalue weighted by Crippen LogP contribution is 2.29. The predicted octanol–water partition coefficient (Wildman–Crippen LogP) is 3.05. The van der Waals surface area contributed by atoms with Crippen LogP contribution < -0.4 is 11.1 Å². The minimum absolute atomic E-state index is 0.266. The molecule has 1 heterocycles. The normalized spacial score (nSPS) is 12.9. The van der Waals surface area contributed by atoms with E-state index in [2.05, 4.69) is 35.0 Å². The van der Waals surface area contributed by atoms with Crippen LogP contribution in [0.1, 0.15) is 13.3 Å². The average Bonchev–Trinajstić information content (AvgIpc) is 2.62. The zero-order valence-corrected chi connectivity index (χ0v) is 9.68. The van der Waals surface area contributed by atoms with E-state index in [1.54, 1.807) is 11.3 Å². The molecule has 1 aromatic carbocycles. The SMILES string of the molecule is CC(N)CCNc1csc2ccccc12. The van der Waals surface area contributed by atoms with Crippen LogP contribution in [0.3, 0.4) is 0 Å². The van der Waals surface area contributed by atoms with Crippen LogP contribution in [0.4, 0.5) is 5.69 Å². The van der Waals surface area contributed by atoms with Crippen molar-refractivity contribution in [1.82, 2.24) is 0 Å². The van der Waals surface area contributed by atoms with Crippen LogP contribution >= 0.6 is 11.3 Å². The topological polar surface area (TPSA) is 38.0 Å². The van der Waals surface area contributed by atoms with Crippen molar-refractivity contribution in [1.29, 1.82) is 0 Å². The molecule has 0 aliphatic carbocycles. The van der Waals surface area contributed by atoms with Gasteiger partial charge in [0.25, 0.3) is 0 Å². The maximum Gasteiger partial charge on any atom is 0.0528 e. The number of nitrogens with one attached hydrogen (secondary N) is 1. The van der Waals surface area contributed by atoms with Crippen molar-refractivity contribution in [3.05, 3.63) is 29.6 Å². The van der Waals surface area contributed by atoms with E-state index < -0.39 is 0 Å². The highest BCUT2D eigenvalue weighted by Gasteiger charge is 2.02. The lowest BCUT2D eigenvalue weighted by Crippen LogP contribution is -2.18. The van der Waals surface area contributed by atoms with E-state index in [4.69, 9.17) is 5.73 Å². The Balaban J connectivity index is 2.08. The molecular weight excluding hydrogens is 204 g/mol. The molecule has 2 nitrogen and oxygen atoms in total. The van der Waals surface area contributed by atoms with Gasteiger partial charge in [0.1, 0.15) is 0 Å². The van der Waals surface area contributed by atoms with Gasteiger partial charge in [0.05, 0.1) is 5.69 Å². The molecule has 0 aliphatic rings. The fraction of sp³-hybridized carbons (Fsp3) is 0.333. The lowest BCUT2D eigenvalue weighted by Gasteiger charge is -2.07. The first-order chi connectivity index (χ1) is 7.27. The summed E-state index contributed by atoms with van der Waals surface area (Å²) < 4.78 is 1.33. The van der Waals surface area contributed by atoms with Gasteiger partial charge in [0.2, 0.25) is 0 Å². The lowest BCUT2D eigenvalue weighted by atomic mass is 10.2. The van der Waals surface area contributed by atoms with Crippen LogP contribution in [0.2, 0.25) is 0 Å². The van der Waals surface area contributed by atoms with Gasteiger partial charge in [-0.25, -0.2) is 0 Å². The van der Waals surface area contributed by atoms with Crippen molar-refractivity contribution < 1.29 is 0 Å². The van der Waals surface area contributed by atoms with Crippen molar-refractivity contribution in [2.45, 2.75) is 19.4 Å². The summed E-state index contributed by atoms with van der Waals surface area (Å²) in [5, 5.41) is 6.91. The Bertz CT molecular complexity index is 434. The van der Waals surface area contributed by atoms with E-state index in [-0.39, 0.29) is 6.04 Å². The summed E-state index contributed by atoms with van der Waals surface area (Å²) in [7, 11) is 0. The van der Waals surface area contributed by atoms with Gasteiger partial charge < -0.3 is 11.1 Å². The Hall–Kier alpha value is -1.06. The van der Waals surface area contributed by atoms with Gasteiger partial charge in [-0.2, -0.15) is 0 Å². The van der Waals surface area contributed by atoms with Gasteiger partial charge in [-0.15, -0.1) is 11.3 Å². The molecule has 0 amide bonds. The molecule has 80 valence electrons. The summed E-state index contributed by atoms with van der Waals surface area (Å²) in [6, 6.07) is 8.72. The van der Waals surface area contributed by atoms with Crippen molar-refractivity contribution in [2.75, 3.05) is 11.9 Å². The number of anilines is 1. The third-order valence-corrected chi connectivity index (χ3v) is 3.36. The minimum Gasteiger partial charge on any atom is -0.384 e. The summed E-state index contributed by atoms with van der Waals surface area (Å²) in [5.41, 5.74) is 6.94. The standard InChI is InChI=1S/C12H16N2S/c1-9(13)6-7-14-11-8-15-12-5-3-2-4-10(11)12/h2-5,8-9,14H,6-7,13H2,1H3. The van der Waals surface area contributed by atoms with Gasteiger partial charge in [-0.1, -0.05) is 18.2 Å². The lowest BCUT2D eigenvalue weighted by molar-refractivity contribution is 0.691. The molecule has 0 fully saturated rings. The molecule has 2 aromatic rings. The van der Waals surface area contributed by atoms with Crippen molar-refractivity contribution in [2.24, 2.45) is 5.73 Å². The number of hydrogen-bond acceptors (Lipinski definition) is 3. The Labute approximate surface area is 94.1 Å². The predicted molar refractivity (Wildman–Crippen MR) is 68.6 cm³/mol. The van der Waals surface area contributed by atoms with Crippen LogP contribution in [0.5, 0.6) is 0 Å². The second kappa shape index (κ2) is 4.64. The van der Waals surface area contributed by atoms with Gasteiger partial charge in [-0.05, 0) is 19.4 Å². The fourth-order valence-corrected chi connectivity index (χ4v) is 2.47. The maximum atomic E-state index is 5.71. The average molecular weight is 220 g/mol. The van der Waals surface area contributed by atoms with Crippen LogP contribution in [0.15, 0.2) is 29.6 Å². The van der Waals surface area contributed by atoms with Gasteiger partial charge in [-0.3, -0.25) is 0 Å². The molecule has 0 saturated heterocycles. The summed E-state index contributed by atoms with van der Waals surface area (Å²) >= 11 is 1.78. The molecule has 0 bridgehead atoms. The molecule has 2 rings (SSSR count). The molecule has 15 heavy (non-hydrogen) atoms. The molecule has 1 unspecified atom stereocenters. The smallest absolute Gasteiger partial charge is 0.0528 e. The second-order valence-corrected chi connectivity index (χ2v) is 4.75. The zero-order valence-electron chi connectivity index (χ0n) is 8.86. The summed E-state index contributed by atoms with van der Waals surface area (Å²) in [6.45, 7) is 2.98. The molecule has 1 atom stereocenters. The van der Waals surface area contributed by atoms with Crippen molar-refractivity contribution in [3.63, 3.8) is 0 Å². The van der Waals surface area contributed by atoms with Gasteiger partial charge >= 0.3 is 0 Å². The fourth-order valence-electron chi connectivity index (χ4n) is 1.55. The van der Waals surface area contributed by atoms with Crippen LogP contribution in [0.25, 0.3) is 10.1 Å².